The van der Waals surface area contributed by atoms with Gasteiger partial charge in [-0.2, -0.15) is 0 Å². The number of hydrazine groups is 1. The zero-order chi connectivity index (χ0) is 14.5. The molecule has 0 saturated heterocycles. The second-order valence-corrected chi connectivity index (χ2v) is 5.35. The molecular formula is C16H18ClFN2. The van der Waals surface area contributed by atoms with E-state index in [0.29, 0.717) is 10.6 Å². The van der Waals surface area contributed by atoms with Gasteiger partial charge in [0.25, 0.3) is 0 Å². The minimum Gasteiger partial charge on any atom is -0.271 e. The molecule has 0 aliphatic heterocycles. The summed E-state index contributed by atoms with van der Waals surface area (Å²) in [5.41, 5.74) is 5.67. The van der Waals surface area contributed by atoms with Crippen LogP contribution in [0.3, 0.4) is 0 Å². The normalized spacial score (nSPS) is 12.4. The molecule has 2 aromatic carbocycles. The summed E-state index contributed by atoms with van der Waals surface area (Å²) in [5.74, 6) is 5.23. The Hall–Kier alpha value is -1.42. The van der Waals surface area contributed by atoms with Crippen molar-refractivity contribution in [3.05, 3.63) is 70.0 Å². The summed E-state index contributed by atoms with van der Waals surface area (Å²) < 4.78 is 13.9. The van der Waals surface area contributed by atoms with Gasteiger partial charge in [-0.05, 0) is 37.5 Å². The maximum Gasteiger partial charge on any atom is 0.129 e. The van der Waals surface area contributed by atoms with Crippen LogP contribution in [0.1, 0.15) is 29.2 Å². The van der Waals surface area contributed by atoms with Gasteiger partial charge in [0.1, 0.15) is 5.82 Å². The summed E-state index contributed by atoms with van der Waals surface area (Å²) in [4.78, 5) is 0. The lowest BCUT2D eigenvalue weighted by Crippen LogP contribution is -2.29. The Kier molecular flexibility index (Phi) is 5.12. The SMILES string of the molecule is Cc1cccc(CCC(NN)c2ccc(Cl)cc2F)c1. The van der Waals surface area contributed by atoms with E-state index < -0.39 is 0 Å². The molecule has 20 heavy (non-hydrogen) atoms. The minimum atomic E-state index is -0.329. The standard InChI is InChI=1S/C16H18ClFN2/c1-11-3-2-4-12(9-11)5-8-16(20-19)14-7-6-13(17)10-15(14)18/h2-4,6-7,9-10,16,20H,5,8,19H2,1H3. The first-order valence-electron chi connectivity index (χ1n) is 6.57. The Morgan fingerprint density at radius 2 is 2.05 bits per heavy atom. The van der Waals surface area contributed by atoms with E-state index >= 15 is 0 Å². The van der Waals surface area contributed by atoms with E-state index in [1.54, 1.807) is 12.1 Å². The molecule has 0 heterocycles. The highest BCUT2D eigenvalue weighted by atomic mass is 35.5. The highest BCUT2D eigenvalue weighted by Gasteiger charge is 2.14. The third-order valence-corrected chi connectivity index (χ3v) is 3.58. The molecule has 0 aromatic heterocycles. The molecule has 0 saturated carbocycles. The van der Waals surface area contributed by atoms with Crippen LogP contribution in [0.15, 0.2) is 42.5 Å². The number of halogens is 2. The van der Waals surface area contributed by atoms with Crippen LogP contribution in [0, 0.1) is 12.7 Å². The fraction of sp³-hybridized carbons (Fsp3) is 0.250. The molecular weight excluding hydrogens is 275 g/mol. The van der Waals surface area contributed by atoms with Gasteiger partial charge in [-0.3, -0.25) is 11.3 Å². The molecule has 0 amide bonds. The highest BCUT2D eigenvalue weighted by molar-refractivity contribution is 6.30. The maximum absolute atomic E-state index is 13.9. The van der Waals surface area contributed by atoms with Crippen molar-refractivity contribution in [2.45, 2.75) is 25.8 Å². The van der Waals surface area contributed by atoms with Crippen LogP contribution in [0.2, 0.25) is 5.02 Å². The van der Waals surface area contributed by atoms with Gasteiger partial charge >= 0.3 is 0 Å². The lowest BCUT2D eigenvalue weighted by atomic mass is 9.98. The minimum absolute atomic E-state index is 0.229. The number of rotatable bonds is 5. The summed E-state index contributed by atoms with van der Waals surface area (Å²) in [6, 6.07) is 12.7. The van der Waals surface area contributed by atoms with Crippen molar-refractivity contribution in [3.63, 3.8) is 0 Å². The van der Waals surface area contributed by atoms with Crippen LogP contribution in [-0.4, -0.2) is 0 Å². The molecule has 0 aliphatic carbocycles. The van der Waals surface area contributed by atoms with Crippen LogP contribution in [0.5, 0.6) is 0 Å². The summed E-state index contributed by atoms with van der Waals surface area (Å²) in [7, 11) is 0. The largest absolute Gasteiger partial charge is 0.271 e. The van der Waals surface area contributed by atoms with Gasteiger partial charge in [0.2, 0.25) is 0 Å². The summed E-state index contributed by atoms with van der Waals surface area (Å²) >= 11 is 5.76. The van der Waals surface area contributed by atoms with Gasteiger partial charge in [-0.1, -0.05) is 47.5 Å². The van der Waals surface area contributed by atoms with Gasteiger partial charge in [0.05, 0.1) is 0 Å². The van der Waals surface area contributed by atoms with Crippen LogP contribution in [-0.2, 0) is 6.42 Å². The average molecular weight is 293 g/mol. The Balaban J connectivity index is 2.09. The lowest BCUT2D eigenvalue weighted by molar-refractivity contribution is 0.485. The molecule has 2 rings (SSSR count). The number of nitrogens with one attached hydrogen (secondary N) is 1. The quantitative estimate of drug-likeness (QED) is 0.647. The summed E-state index contributed by atoms with van der Waals surface area (Å²) in [5, 5.41) is 0.390. The van der Waals surface area contributed by atoms with Crippen LogP contribution in [0.25, 0.3) is 0 Å². The molecule has 1 atom stereocenters. The van der Waals surface area contributed by atoms with E-state index in [2.05, 4.69) is 30.5 Å². The molecule has 0 aliphatic rings. The molecule has 0 spiro atoms. The maximum atomic E-state index is 13.9. The number of benzene rings is 2. The van der Waals surface area contributed by atoms with Crippen molar-refractivity contribution in [2.75, 3.05) is 0 Å². The number of hydrogen-bond acceptors (Lipinski definition) is 2. The molecule has 3 N–H and O–H groups in total. The Morgan fingerprint density at radius 3 is 2.70 bits per heavy atom. The zero-order valence-electron chi connectivity index (χ0n) is 11.4. The molecule has 0 bridgehead atoms. The monoisotopic (exact) mass is 292 g/mol. The van der Waals surface area contributed by atoms with E-state index in [1.165, 1.54) is 17.2 Å². The van der Waals surface area contributed by atoms with Crippen molar-refractivity contribution in [1.29, 1.82) is 0 Å². The molecule has 4 heteroatoms. The first kappa shape index (κ1) is 15.0. The van der Waals surface area contributed by atoms with Crippen LogP contribution in [0.4, 0.5) is 4.39 Å². The molecule has 2 nitrogen and oxygen atoms in total. The Morgan fingerprint density at radius 1 is 1.25 bits per heavy atom. The van der Waals surface area contributed by atoms with E-state index in [-0.39, 0.29) is 11.9 Å². The highest BCUT2D eigenvalue weighted by Crippen LogP contribution is 2.24. The first-order chi connectivity index (χ1) is 9.60. The predicted molar refractivity (Wildman–Crippen MR) is 81.0 cm³/mol. The molecule has 106 valence electrons. The zero-order valence-corrected chi connectivity index (χ0v) is 12.1. The van der Waals surface area contributed by atoms with Gasteiger partial charge in [0, 0.05) is 16.6 Å². The summed E-state index contributed by atoms with van der Waals surface area (Å²) in [6.07, 6.45) is 1.55. The smallest absolute Gasteiger partial charge is 0.129 e. The van der Waals surface area contributed by atoms with E-state index in [0.717, 1.165) is 12.8 Å². The second kappa shape index (κ2) is 6.84. The Labute approximate surface area is 123 Å². The van der Waals surface area contributed by atoms with E-state index in [4.69, 9.17) is 17.4 Å². The number of aryl methyl sites for hydroxylation is 2. The van der Waals surface area contributed by atoms with Crippen molar-refractivity contribution in [1.82, 2.24) is 5.43 Å². The van der Waals surface area contributed by atoms with Gasteiger partial charge in [-0.15, -0.1) is 0 Å². The number of hydrogen-bond donors (Lipinski definition) is 2. The van der Waals surface area contributed by atoms with Crippen molar-refractivity contribution in [2.24, 2.45) is 5.84 Å². The average Bonchev–Trinajstić information content (AvgIpc) is 2.41. The van der Waals surface area contributed by atoms with Gasteiger partial charge in [-0.25, -0.2) is 4.39 Å². The lowest BCUT2D eigenvalue weighted by Gasteiger charge is -2.17. The van der Waals surface area contributed by atoms with Gasteiger partial charge < -0.3 is 0 Å². The first-order valence-corrected chi connectivity index (χ1v) is 6.94. The topological polar surface area (TPSA) is 38.0 Å². The molecule has 1 unspecified atom stereocenters. The van der Waals surface area contributed by atoms with E-state index in [1.807, 2.05) is 6.07 Å². The fourth-order valence-electron chi connectivity index (χ4n) is 2.29. The predicted octanol–water partition coefficient (Wildman–Crippen LogP) is 3.92. The second-order valence-electron chi connectivity index (χ2n) is 4.91. The van der Waals surface area contributed by atoms with Crippen molar-refractivity contribution < 1.29 is 4.39 Å². The van der Waals surface area contributed by atoms with Crippen LogP contribution < -0.4 is 11.3 Å². The van der Waals surface area contributed by atoms with Crippen molar-refractivity contribution >= 4 is 11.6 Å². The van der Waals surface area contributed by atoms with Gasteiger partial charge in [0.15, 0.2) is 0 Å². The molecule has 0 radical (unpaired) electrons. The molecule has 2 aromatic rings. The fourth-order valence-corrected chi connectivity index (χ4v) is 2.45. The molecule has 0 fully saturated rings. The number of nitrogens with two attached hydrogens (primary N) is 1. The summed E-state index contributed by atoms with van der Waals surface area (Å²) in [6.45, 7) is 2.06. The third kappa shape index (κ3) is 3.79. The van der Waals surface area contributed by atoms with Crippen LogP contribution >= 0.6 is 11.6 Å². The third-order valence-electron chi connectivity index (χ3n) is 3.34. The van der Waals surface area contributed by atoms with E-state index in [9.17, 15) is 4.39 Å². The van der Waals surface area contributed by atoms with Crippen molar-refractivity contribution in [3.8, 4) is 0 Å². The Bertz CT molecular complexity index is 586.